The summed E-state index contributed by atoms with van der Waals surface area (Å²) < 4.78 is 1.71. The van der Waals surface area contributed by atoms with E-state index < -0.39 is 0 Å². The lowest BCUT2D eigenvalue weighted by atomic mass is 10.1. The Morgan fingerprint density at radius 3 is 2.81 bits per heavy atom. The van der Waals surface area contributed by atoms with Crippen LogP contribution in [0.5, 0.6) is 0 Å². The third-order valence-corrected chi connectivity index (χ3v) is 4.06. The third kappa shape index (κ3) is 3.41. The molecule has 1 N–H and O–H groups in total. The minimum absolute atomic E-state index is 0.306. The molecule has 0 aliphatic heterocycles. The zero-order valence-electron chi connectivity index (χ0n) is 13.6. The molecule has 0 saturated carbocycles. The van der Waals surface area contributed by atoms with Gasteiger partial charge in [0.15, 0.2) is 5.82 Å². The van der Waals surface area contributed by atoms with Crippen molar-refractivity contribution >= 4 is 34.2 Å². The second-order valence-corrected chi connectivity index (χ2v) is 6.14. The van der Waals surface area contributed by atoms with Crippen molar-refractivity contribution in [2.75, 3.05) is 5.32 Å². The smallest absolute Gasteiger partial charge is 0.259 e. The summed E-state index contributed by atoms with van der Waals surface area (Å²) in [5.74, 6) is 0.147. The van der Waals surface area contributed by atoms with E-state index in [4.69, 9.17) is 11.6 Å². The van der Waals surface area contributed by atoms with E-state index >= 15 is 0 Å². The Labute approximate surface area is 154 Å². The molecule has 6 nitrogen and oxygen atoms in total. The maximum Gasteiger partial charge on any atom is 0.259 e. The molecule has 3 heterocycles. The normalized spacial score (nSPS) is 10.8. The van der Waals surface area contributed by atoms with Crippen LogP contribution in [-0.2, 0) is 6.54 Å². The molecule has 0 radical (unpaired) electrons. The van der Waals surface area contributed by atoms with Crippen molar-refractivity contribution in [2.45, 2.75) is 6.54 Å². The Hall–Kier alpha value is -3.25. The predicted octanol–water partition coefficient (Wildman–Crippen LogP) is 3.78. The van der Waals surface area contributed by atoms with Crippen LogP contribution in [-0.4, -0.2) is 25.7 Å². The average Bonchev–Trinajstić information content (AvgIpc) is 3.08. The second kappa shape index (κ2) is 6.93. The largest absolute Gasteiger partial charge is 0.305 e. The number of halogens is 1. The molecule has 0 atom stereocenters. The first kappa shape index (κ1) is 16.2. The molecule has 3 aromatic heterocycles. The van der Waals surface area contributed by atoms with Gasteiger partial charge in [-0.1, -0.05) is 23.7 Å². The lowest BCUT2D eigenvalue weighted by Gasteiger charge is -2.06. The Morgan fingerprint density at radius 2 is 1.96 bits per heavy atom. The van der Waals surface area contributed by atoms with Gasteiger partial charge in [0.1, 0.15) is 0 Å². The van der Waals surface area contributed by atoms with Crippen LogP contribution in [0, 0.1) is 0 Å². The van der Waals surface area contributed by atoms with Crippen molar-refractivity contribution in [3.05, 3.63) is 83.4 Å². The van der Waals surface area contributed by atoms with Crippen LogP contribution in [0.15, 0.2) is 67.1 Å². The maximum absolute atomic E-state index is 12.7. The number of carbonyl (C=O) groups excluding carboxylic acids is 1. The SMILES string of the molecule is O=C(Nc1ccn(Cc2ccccn2)n1)c1cc(Cl)cc2cccnc12. The number of rotatable bonds is 4. The summed E-state index contributed by atoms with van der Waals surface area (Å²) >= 11 is 6.13. The minimum Gasteiger partial charge on any atom is -0.305 e. The molecule has 1 aromatic carbocycles. The van der Waals surface area contributed by atoms with E-state index in [2.05, 4.69) is 20.4 Å². The Kier molecular flexibility index (Phi) is 4.33. The molecule has 0 bridgehead atoms. The first-order valence-electron chi connectivity index (χ1n) is 7.98. The molecule has 0 unspecified atom stereocenters. The van der Waals surface area contributed by atoms with E-state index in [1.54, 1.807) is 47.5 Å². The van der Waals surface area contributed by atoms with E-state index in [1.807, 2.05) is 24.3 Å². The van der Waals surface area contributed by atoms with Crippen molar-refractivity contribution in [1.82, 2.24) is 19.7 Å². The van der Waals surface area contributed by atoms with Gasteiger partial charge < -0.3 is 5.32 Å². The Balaban J connectivity index is 1.56. The molecule has 0 aliphatic carbocycles. The monoisotopic (exact) mass is 363 g/mol. The van der Waals surface area contributed by atoms with Crippen LogP contribution in [0.2, 0.25) is 5.02 Å². The standard InChI is InChI=1S/C19H14ClN5O/c20-14-10-13-4-3-8-22-18(13)16(11-14)19(26)23-17-6-9-25(24-17)12-15-5-1-2-7-21-15/h1-11H,12H2,(H,23,24,26). The van der Waals surface area contributed by atoms with E-state index in [0.717, 1.165) is 11.1 Å². The van der Waals surface area contributed by atoms with Gasteiger partial charge in [0.2, 0.25) is 0 Å². The van der Waals surface area contributed by atoms with Crippen LogP contribution < -0.4 is 5.32 Å². The highest BCUT2D eigenvalue weighted by molar-refractivity contribution is 6.32. The zero-order chi connectivity index (χ0) is 17.9. The molecular weight excluding hydrogens is 350 g/mol. The lowest BCUT2D eigenvalue weighted by Crippen LogP contribution is -2.14. The first-order valence-corrected chi connectivity index (χ1v) is 8.36. The van der Waals surface area contributed by atoms with Gasteiger partial charge in [0.05, 0.1) is 23.3 Å². The fraction of sp³-hybridized carbons (Fsp3) is 0.0526. The number of anilines is 1. The molecule has 4 rings (SSSR count). The first-order chi connectivity index (χ1) is 12.7. The highest BCUT2D eigenvalue weighted by atomic mass is 35.5. The van der Waals surface area contributed by atoms with Crippen LogP contribution in [0.3, 0.4) is 0 Å². The molecule has 0 aliphatic rings. The second-order valence-electron chi connectivity index (χ2n) is 5.70. The van der Waals surface area contributed by atoms with Crippen molar-refractivity contribution in [2.24, 2.45) is 0 Å². The number of nitrogens with zero attached hydrogens (tertiary/aromatic N) is 4. The highest BCUT2D eigenvalue weighted by Gasteiger charge is 2.14. The average molecular weight is 364 g/mol. The predicted molar refractivity (Wildman–Crippen MR) is 100 cm³/mol. The van der Waals surface area contributed by atoms with E-state index in [1.165, 1.54) is 0 Å². The summed E-state index contributed by atoms with van der Waals surface area (Å²) in [4.78, 5) is 21.2. The van der Waals surface area contributed by atoms with Crippen LogP contribution in [0.25, 0.3) is 10.9 Å². The molecule has 0 fully saturated rings. The number of hydrogen-bond donors (Lipinski definition) is 1. The van der Waals surface area contributed by atoms with Crippen molar-refractivity contribution in [1.29, 1.82) is 0 Å². The summed E-state index contributed by atoms with van der Waals surface area (Å²) in [7, 11) is 0. The Bertz CT molecular complexity index is 1080. The van der Waals surface area contributed by atoms with Crippen LogP contribution in [0.4, 0.5) is 5.82 Å². The molecule has 128 valence electrons. The fourth-order valence-corrected chi connectivity index (χ4v) is 2.91. The molecule has 0 spiro atoms. The number of nitrogens with one attached hydrogen (secondary N) is 1. The maximum atomic E-state index is 12.7. The van der Waals surface area contributed by atoms with Crippen molar-refractivity contribution < 1.29 is 4.79 Å². The van der Waals surface area contributed by atoms with Gasteiger partial charge in [-0.25, -0.2) is 0 Å². The highest BCUT2D eigenvalue weighted by Crippen LogP contribution is 2.23. The molecule has 26 heavy (non-hydrogen) atoms. The Morgan fingerprint density at radius 1 is 1.08 bits per heavy atom. The summed E-state index contributed by atoms with van der Waals surface area (Å²) in [6.45, 7) is 0.526. The number of benzene rings is 1. The number of fused-ring (bicyclic) bond motifs is 1. The van der Waals surface area contributed by atoms with Gasteiger partial charge in [-0.05, 0) is 30.3 Å². The number of pyridine rings is 2. The van der Waals surface area contributed by atoms with Gasteiger partial charge in [0, 0.05) is 35.1 Å². The van der Waals surface area contributed by atoms with Gasteiger partial charge in [0.25, 0.3) is 5.91 Å². The molecule has 1 amide bonds. The van der Waals surface area contributed by atoms with Gasteiger partial charge >= 0.3 is 0 Å². The van der Waals surface area contributed by atoms with Gasteiger partial charge in [-0.3, -0.25) is 19.4 Å². The number of hydrogen-bond acceptors (Lipinski definition) is 4. The minimum atomic E-state index is -0.306. The van der Waals surface area contributed by atoms with E-state index in [9.17, 15) is 4.79 Å². The number of carbonyl (C=O) groups is 1. The molecule has 0 saturated heterocycles. The topological polar surface area (TPSA) is 72.7 Å². The van der Waals surface area contributed by atoms with Gasteiger partial charge in [-0.15, -0.1) is 0 Å². The van der Waals surface area contributed by atoms with E-state index in [0.29, 0.717) is 28.5 Å². The molecule has 4 aromatic rings. The van der Waals surface area contributed by atoms with Crippen LogP contribution >= 0.6 is 11.6 Å². The van der Waals surface area contributed by atoms with Crippen LogP contribution in [0.1, 0.15) is 16.1 Å². The van der Waals surface area contributed by atoms with Crippen molar-refractivity contribution in [3.8, 4) is 0 Å². The quantitative estimate of drug-likeness (QED) is 0.599. The molecular formula is C19H14ClN5O. The summed E-state index contributed by atoms with van der Waals surface area (Å²) in [6.07, 6.45) is 5.17. The third-order valence-electron chi connectivity index (χ3n) is 3.85. The number of aromatic nitrogens is 4. The lowest BCUT2D eigenvalue weighted by molar-refractivity contribution is 0.102. The van der Waals surface area contributed by atoms with Crippen molar-refractivity contribution in [3.63, 3.8) is 0 Å². The number of amides is 1. The summed E-state index contributed by atoms with van der Waals surface area (Å²) in [5.41, 5.74) is 1.90. The molecule has 7 heteroatoms. The zero-order valence-corrected chi connectivity index (χ0v) is 14.4. The van der Waals surface area contributed by atoms with E-state index in [-0.39, 0.29) is 5.91 Å². The fourth-order valence-electron chi connectivity index (χ4n) is 2.69. The summed E-state index contributed by atoms with van der Waals surface area (Å²) in [5, 5.41) is 8.45. The van der Waals surface area contributed by atoms with Gasteiger partial charge in [-0.2, -0.15) is 5.10 Å². The summed E-state index contributed by atoms with van der Waals surface area (Å²) in [6, 6.07) is 14.5.